The van der Waals surface area contributed by atoms with E-state index in [1.807, 2.05) is 0 Å². The Morgan fingerprint density at radius 2 is 2.05 bits per heavy atom. The highest BCUT2D eigenvalue weighted by atomic mass is 19.4. The number of hydrogen-bond acceptors (Lipinski definition) is 3. The van der Waals surface area contributed by atoms with Gasteiger partial charge in [0.15, 0.2) is 0 Å². The summed E-state index contributed by atoms with van der Waals surface area (Å²) in [5.41, 5.74) is -0.259. The molecule has 1 heterocycles. The first-order valence-corrected chi connectivity index (χ1v) is 6.37. The predicted molar refractivity (Wildman–Crippen MR) is 66.4 cm³/mol. The second-order valence-corrected chi connectivity index (χ2v) is 4.91. The first kappa shape index (κ1) is 15.6. The van der Waals surface area contributed by atoms with E-state index in [9.17, 15) is 22.4 Å². The maximum absolute atomic E-state index is 13.5. The number of aromatic hydroxyl groups is 1. The number of hydrogen-bond donors (Lipinski definition) is 3. The molecular formula is C13H14F4N2O2. The molecule has 4 nitrogen and oxygen atoms in total. The molecule has 1 aliphatic rings. The Bertz CT molecular complexity index is 525. The Morgan fingerprint density at radius 3 is 2.57 bits per heavy atom. The third kappa shape index (κ3) is 3.84. The Labute approximate surface area is 118 Å². The van der Waals surface area contributed by atoms with E-state index in [-0.39, 0.29) is 30.7 Å². The molecule has 1 fully saturated rings. The van der Waals surface area contributed by atoms with Crippen LogP contribution in [0.1, 0.15) is 23.2 Å². The van der Waals surface area contributed by atoms with E-state index in [4.69, 9.17) is 5.11 Å². The van der Waals surface area contributed by atoms with Crippen molar-refractivity contribution < 1.29 is 27.5 Å². The van der Waals surface area contributed by atoms with Gasteiger partial charge in [-0.1, -0.05) is 0 Å². The summed E-state index contributed by atoms with van der Waals surface area (Å²) in [7, 11) is 0. The SMILES string of the molecule is O=C(NC1CCC(C(F)(F)F)NC1)c1ccc(O)cc1F. The zero-order chi connectivity index (χ0) is 15.6. The van der Waals surface area contributed by atoms with Crippen molar-refractivity contribution in [3.8, 4) is 5.75 Å². The summed E-state index contributed by atoms with van der Waals surface area (Å²) < 4.78 is 50.9. The number of alkyl halides is 3. The number of phenolic OH excluding ortho intramolecular Hbond substituents is 1. The standard InChI is InChI=1S/C13H14F4N2O2/c14-10-5-8(20)2-3-9(10)12(21)19-7-1-4-11(18-6-7)13(15,16)17/h2-3,5,7,11,18,20H,1,4,6H2,(H,19,21). The van der Waals surface area contributed by atoms with Crippen LogP contribution < -0.4 is 10.6 Å². The van der Waals surface area contributed by atoms with Gasteiger partial charge in [0.05, 0.1) is 5.56 Å². The third-order valence-electron chi connectivity index (χ3n) is 3.34. The fourth-order valence-electron chi connectivity index (χ4n) is 2.21. The number of nitrogens with one attached hydrogen (secondary N) is 2. The molecule has 2 rings (SSSR count). The van der Waals surface area contributed by atoms with Gasteiger partial charge < -0.3 is 15.7 Å². The highest BCUT2D eigenvalue weighted by Crippen LogP contribution is 2.26. The van der Waals surface area contributed by atoms with E-state index in [0.29, 0.717) is 0 Å². The minimum absolute atomic E-state index is 0.0321. The molecule has 8 heteroatoms. The molecule has 1 saturated heterocycles. The molecule has 2 unspecified atom stereocenters. The van der Waals surface area contributed by atoms with Crippen molar-refractivity contribution in [2.45, 2.75) is 31.1 Å². The van der Waals surface area contributed by atoms with E-state index in [1.54, 1.807) is 0 Å². The molecule has 21 heavy (non-hydrogen) atoms. The van der Waals surface area contributed by atoms with Gasteiger partial charge in [-0.15, -0.1) is 0 Å². The lowest BCUT2D eigenvalue weighted by molar-refractivity contribution is -0.160. The highest BCUT2D eigenvalue weighted by molar-refractivity contribution is 5.94. The van der Waals surface area contributed by atoms with E-state index in [2.05, 4.69) is 10.6 Å². The maximum Gasteiger partial charge on any atom is 0.403 e. The van der Waals surface area contributed by atoms with Crippen LogP contribution in [0.2, 0.25) is 0 Å². The van der Waals surface area contributed by atoms with E-state index in [1.165, 1.54) is 0 Å². The van der Waals surface area contributed by atoms with Crippen molar-refractivity contribution in [2.24, 2.45) is 0 Å². The Hall–Kier alpha value is -1.83. The second-order valence-electron chi connectivity index (χ2n) is 4.91. The van der Waals surface area contributed by atoms with Gasteiger partial charge in [-0.05, 0) is 25.0 Å². The lowest BCUT2D eigenvalue weighted by Crippen LogP contribution is -2.54. The van der Waals surface area contributed by atoms with Crippen LogP contribution in [0.4, 0.5) is 17.6 Å². The van der Waals surface area contributed by atoms with Gasteiger partial charge in [-0.3, -0.25) is 4.79 Å². The molecule has 116 valence electrons. The number of amides is 1. The molecular weight excluding hydrogens is 292 g/mol. The summed E-state index contributed by atoms with van der Waals surface area (Å²) >= 11 is 0. The number of piperidine rings is 1. The van der Waals surface area contributed by atoms with Crippen LogP contribution in [-0.4, -0.2) is 35.8 Å². The molecule has 0 saturated carbocycles. The van der Waals surface area contributed by atoms with Crippen molar-refractivity contribution in [1.82, 2.24) is 10.6 Å². The largest absolute Gasteiger partial charge is 0.508 e. The molecule has 3 N–H and O–H groups in total. The minimum Gasteiger partial charge on any atom is -0.508 e. The number of phenols is 1. The zero-order valence-corrected chi connectivity index (χ0v) is 10.9. The smallest absolute Gasteiger partial charge is 0.403 e. The van der Waals surface area contributed by atoms with Crippen LogP contribution >= 0.6 is 0 Å². The van der Waals surface area contributed by atoms with Crippen LogP contribution in [0.15, 0.2) is 18.2 Å². The van der Waals surface area contributed by atoms with Crippen LogP contribution in [0, 0.1) is 5.82 Å². The van der Waals surface area contributed by atoms with Crippen LogP contribution in [0.5, 0.6) is 5.75 Å². The molecule has 0 spiro atoms. The van der Waals surface area contributed by atoms with Gasteiger partial charge in [-0.2, -0.15) is 13.2 Å². The van der Waals surface area contributed by atoms with Gasteiger partial charge >= 0.3 is 6.18 Å². The molecule has 0 bridgehead atoms. The fraction of sp³-hybridized carbons (Fsp3) is 0.462. The van der Waals surface area contributed by atoms with Crippen molar-refractivity contribution in [1.29, 1.82) is 0 Å². The van der Waals surface area contributed by atoms with E-state index < -0.39 is 30.0 Å². The number of carbonyl (C=O) groups is 1. The summed E-state index contributed by atoms with van der Waals surface area (Å²) in [4.78, 5) is 11.8. The van der Waals surface area contributed by atoms with Crippen molar-refractivity contribution in [3.05, 3.63) is 29.6 Å². The molecule has 1 aliphatic heterocycles. The summed E-state index contributed by atoms with van der Waals surface area (Å²) in [6.07, 6.45) is -4.30. The lowest BCUT2D eigenvalue weighted by atomic mass is 10.00. The average Bonchev–Trinajstić information content (AvgIpc) is 2.38. The second kappa shape index (κ2) is 5.88. The molecule has 0 aliphatic carbocycles. The Morgan fingerprint density at radius 1 is 1.33 bits per heavy atom. The average molecular weight is 306 g/mol. The Balaban J connectivity index is 1.93. The van der Waals surface area contributed by atoms with Crippen LogP contribution in [0.25, 0.3) is 0 Å². The first-order chi connectivity index (χ1) is 9.77. The van der Waals surface area contributed by atoms with Gasteiger partial charge in [0.25, 0.3) is 5.91 Å². The minimum atomic E-state index is -4.31. The highest BCUT2D eigenvalue weighted by Gasteiger charge is 2.41. The van der Waals surface area contributed by atoms with Crippen LogP contribution in [0.3, 0.4) is 0 Å². The van der Waals surface area contributed by atoms with Crippen molar-refractivity contribution in [2.75, 3.05) is 6.54 Å². The number of carbonyl (C=O) groups excluding carboxylic acids is 1. The molecule has 0 radical (unpaired) electrons. The number of benzene rings is 1. The van der Waals surface area contributed by atoms with Gasteiger partial charge in [0.2, 0.25) is 0 Å². The summed E-state index contributed by atoms with van der Waals surface area (Å²) in [5, 5.41) is 13.9. The quantitative estimate of drug-likeness (QED) is 0.732. The number of rotatable bonds is 2. The maximum atomic E-state index is 13.5. The zero-order valence-electron chi connectivity index (χ0n) is 10.9. The summed E-state index contributed by atoms with van der Waals surface area (Å²) in [6, 6.07) is 1.01. The summed E-state index contributed by atoms with van der Waals surface area (Å²) in [5.74, 6) is -1.91. The van der Waals surface area contributed by atoms with Crippen LogP contribution in [-0.2, 0) is 0 Å². The van der Waals surface area contributed by atoms with E-state index in [0.717, 1.165) is 18.2 Å². The normalized spacial score (nSPS) is 22.9. The third-order valence-corrected chi connectivity index (χ3v) is 3.34. The summed E-state index contributed by atoms with van der Waals surface area (Å²) in [6.45, 7) is -0.0321. The van der Waals surface area contributed by atoms with Crippen molar-refractivity contribution in [3.63, 3.8) is 0 Å². The lowest BCUT2D eigenvalue weighted by Gasteiger charge is -2.31. The predicted octanol–water partition coefficient (Wildman–Crippen LogP) is 1.94. The first-order valence-electron chi connectivity index (χ1n) is 6.37. The fourth-order valence-corrected chi connectivity index (χ4v) is 2.21. The van der Waals surface area contributed by atoms with Gasteiger partial charge in [-0.25, -0.2) is 4.39 Å². The van der Waals surface area contributed by atoms with Gasteiger partial charge in [0, 0.05) is 18.7 Å². The molecule has 2 atom stereocenters. The molecule has 1 amide bonds. The van der Waals surface area contributed by atoms with Gasteiger partial charge in [0.1, 0.15) is 17.6 Å². The monoisotopic (exact) mass is 306 g/mol. The van der Waals surface area contributed by atoms with Crippen molar-refractivity contribution >= 4 is 5.91 Å². The number of halogens is 4. The van der Waals surface area contributed by atoms with E-state index >= 15 is 0 Å². The molecule has 0 aromatic heterocycles. The molecule has 1 aromatic rings. The Kier molecular flexibility index (Phi) is 4.36. The topological polar surface area (TPSA) is 61.4 Å². The molecule has 1 aromatic carbocycles.